The van der Waals surface area contributed by atoms with Gasteiger partial charge in [0.25, 0.3) is 0 Å². The molecule has 7 heteroatoms. The van der Waals surface area contributed by atoms with E-state index in [4.69, 9.17) is 4.52 Å². The molecular weight excluding hydrogens is 314 g/mol. The van der Waals surface area contributed by atoms with Crippen molar-refractivity contribution in [1.82, 2.24) is 9.46 Å². The Balaban J connectivity index is 1.96. The molecule has 0 fully saturated rings. The van der Waals surface area contributed by atoms with E-state index in [1.165, 1.54) is 6.26 Å². The Morgan fingerprint density at radius 3 is 2.78 bits per heavy atom. The minimum Gasteiger partial charge on any atom is -0.373 e. The maximum Gasteiger partial charge on any atom is 0.220 e. The second-order valence-corrected chi connectivity index (χ2v) is 7.79. The van der Waals surface area contributed by atoms with E-state index in [0.29, 0.717) is 18.8 Å². The fourth-order valence-electron chi connectivity index (χ4n) is 3.06. The van der Waals surface area contributed by atoms with Crippen LogP contribution in [0.4, 0.5) is 5.69 Å². The minimum atomic E-state index is -3.47. The Labute approximate surface area is 136 Å². The van der Waals surface area contributed by atoms with Crippen LogP contribution < -0.4 is 4.90 Å². The summed E-state index contributed by atoms with van der Waals surface area (Å²) in [5, 5.41) is 3.74. The Morgan fingerprint density at radius 2 is 2.09 bits per heavy atom. The first-order valence-corrected chi connectivity index (χ1v) is 9.30. The van der Waals surface area contributed by atoms with Crippen molar-refractivity contribution in [3.05, 3.63) is 47.9 Å². The van der Waals surface area contributed by atoms with Crippen LogP contribution in [0.2, 0.25) is 0 Å². The molecule has 0 spiro atoms. The zero-order valence-corrected chi connectivity index (χ0v) is 14.2. The van der Waals surface area contributed by atoms with E-state index in [1.807, 2.05) is 38.2 Å². The summed E-state index contributed by atoms with van der Waals surface area (Å²) in [7, 11) is -1.46. The molecule has 0 radical (unpaired) electrons. The van der Waals surface area contributed by atoms with Gasteiger partial charge in [0.05, 0.1) is 5.69 Å². The highest BCUT2D eigenvalue weighted by Crippen LogP contribution is 2.29. The molecule has 0 unspecified atom stereocenters. The van der Waals surface area contributed by atoms with Crippen molar-refractivity contribution in [3.8, 4) is 0 Å². The summed E-state index contributed by atoms with van der Waals surface area (Å²) >= 11 is 0. The van der Waals surface area contributed by atoms with Gasteiger partial charge in [-0.05, 0) is 18.1 Å². The van der Waals surface area contributed by atoms with Crippen molar-refractivity contribution in [2.24, 2.45) is 0 Å². The van der Waals surface area contributed by atoms with Gasteiger partial charge in [0, 0.05) is 37.9 Å². The van der Waals surface area contributed by atoms with E-state index in [0.717, 1.165) is 17.7 Å². The van der Waals surface area contributed by atoms with E-state index >= 15 is 0 Å². The largest absolute Gasteiger partial charge is 0.373 e. The summed E-state index contributed by atoms with van der Waals surface area (Å²) in [5.41, 5.74) is 2.55. The molecule has 3 rings (SSSR count). The maximum atomic E-state index is 12.9. The number of sulfonamides is 1. The van der Waals surface area contributed by atoms with Gasteiger partial charge in [-0.25, -0.2) is 8.42 Å². The molecule has 1 atom stereocenters. The van der Waals surface area contributed by atoms with Crippen LogP contribution in [-0.2, 0) is 22.3 Å². The Bertz CT molecular complexity index is 759. The molecule has 0 N–H and O–H groups in total. The van der Waals surface area contributed by atoms with Gasteiger partial charge >= 0.3 is 0 Å². The molecule has 1 aromatic heterocycles. The number of rotatable bonds is 4. The third-order valence-electron chi connectivity index (χ3n) is 4.27. The second kappa shape index (κ2) is 6.33. The molecular formula is C16H21N3O3S. The lowest BCUT2D eigenvalue weighted by Crippen LogP contribution is -2.43. The molecule has 0 saturated carbocycles. The van der Waals surface area contributed by atoms with E-state index < -0.39 is 10.0 Å². The maximum absolute atomic E-state index is 12.9. The fourth-order valence-corrected chi connectivity index (χ4v) is 4.75. The van der Waals surface area contributed by atoms with Gasteiger partial charge in [-0.1, -0.05) is 30.3 Å². The van der Waals surface area contributed by atoms with Crippen LogP contribution in [-0.4, -0.2) is 37.5 Å². The topological polar surface area (TPSA) is 66.7 Å². The first-order valence-electron chi connectivity index (χ1n) is 7.69. The van der Waals surface area contributed by atoms with Crippen LogP contribution in [0.5, 0.6) is 0 Å². The third-order valence-corrected chi connectivity index (χ3v) is 6.07. The number of benzene rings is 1. The number of hydrogen-bond acceptors (Lipinski definition) is 5. The van der Waals surface area contributed by atoms with Gasteiger partial charge in [0.15, 0.2) is 0 Å². The Morgan fingerprint density at radius 1 is 1.30 bits per heavy atom. The number of likely N-dealkylation sites (N-methyl/N-ethyl adjacent to an activating group) is 1. The summed E-state index contributed by atoms with van der Waals surface area (Å²) in [6, 6.07) is 9.48. The molecule has 0 saturated heterocycles. The Kier molecular flexibility index (Phi) is 4.41. The average Bonchev–Trinajstić information content (AvgIpc) is 2.97. The normalized spacial score (nSPS) is 19.4. The van der Waals surface area contributed by atoms with Gasteiger partial charge in [0.1, 0.15) is 12.0 Å². The number of hydrogen-bond donors (Lipinski definition) is 0. The SMILES string of the molecule is CC[C@H]1CN(C)c2ccccc2CN1S(=O)(=O)Cc1ccon1. The van der Waals surface area contributed by atoms with Crippen LogP contribution in [0.15, 0.2) is 41.1 Å². The van der Waals surface area contributed by atoms with Gasteiger partial charge < -0.3 is 9.42 Å². The fraction of sp³-hybridized carbons (Fsp3) is 0.438. The molecule has 124 valence electrons. The summed E-state index contributed by atoms with van der Waals surface area (Å²) in [5.74, 6) is -0.133. The van der Waals surface area contributed by atoms with Crippen molar-refractivity contribution in [2.75, 3.05) is 18.5 Å². The lowest BCUT2D eigenvalue weighted by Gasteiger charge is -2.29. The van der Waals surface area contributed by atoms with Crippen LogP contribution in [0.25, 0.3) is 0 Å². The number of fused-ring (bicyclic) bond motifs is 1. The summed E-state index contributed by atoms with van der Waals surface area (Å²) < 4.78 is 32.2. The lowest BCUT2D eigenvalue weighted by molar-refractivity contribution is 0.314. The first kappa shape index (κ1) is 16.0. The summed E-state index contributed by atoms with van der Waals surface area (Å²) in [4.78, 5) is 2.13. The van der Waals surface area contributed by atoms with Crippen molar-refractivity contribution in [3.63, 3.8) is 0 Å². The molecule has 0 bridgehead atoms. The lowest BCUT2D eigenvalue weighted by atomic mass is 10.1. The highest BCUT2D eigenvalue weighted by molar-refractivity contribution is 7.88. The van der Waals surface area contributed by atoms with Crippen molar-refractivity contribution in [2.45, 2.75) is 31.7 Å². The smallest absolute Gasteiger partial charge is 0.220 e. The standard InChI is InChI=1S/C16H21N3O3S/c1-3-15-11-18(2)16-7-5-4-6-13(16)10-19(15)23(20,21)12-14-8-9-22-17-14/h4-9,15H,3,10-12H2,1-2H3/t15-/m0/s1. The number of anilines is 1. The van der Waals surface area contributed by atoms with Crippen LogP contribution >= 0.6 is 0 Å². The minimum absolute atomic E-state index is 0.0655. The van der Waals surface area contributed by atoms with Gasteiger partial charge in [-0.2, -0.15) is 4.31 Å². The molecule has 6 nitrogen and oxygen atoms in total. The van der Waals surface area contributed by atoms with E-state index in [1.54, 1.807) is 10.4 Å². The quantitative estimate of drug-likeness (QED) is 0.857. The molecule has 2 aromatic rings. The average molecular weight is 335 g/mol. The molecule has 1 aliphatic rings. The van der Waals surface area contributed by atoms with Crippen molar-refractivity contribution >= 4 is 15.7 Å². The van der Waals surface area contributed by atoms with E-state index in [9.17, 15) is 8.42 Å². The zero-order chi connectivity index (χ0) is 16.4. The first-order chi connectivity index (χ1) is 11.0. The highest BCUT2D eigenvalue weighted by Gasteiger charge is 2.33. The highest BCUT2D eigenvalue weighted by atomic mass is 32.2. The van der Waals surface area contributed by atoms with Crippen LogP contribution in [0.3, 0.4) is 0 Å². The molecule has 1 aromatic carbocycles. The summed E-state index contributed by atoms with van der Waals surface area (Å²) in [6.07, 6.45) is 2.16. The van der Waals surface area contributed by atoms with Crippen molar-refractivity contribution < 1.29 is 12.9 Å². The Hall–Kier alpha value is -1.86. The molecule has 0 aliphatic carbocycles. The monoisotopic (exact) mass is 335 g/mol. The van der Waals surface area contributed by atoms with Crippen LogP contribution in [0.1, 0.15) is 24.6 Å². The predicted molar refractivity (Wildman–Crippen MR) is 88.5 cm³/mol. The van der Waals surface area contributed by atoms with Crippen molar-refractivity contribution in [1.29, 1.82) is 0 Å². The van der Waals surface area contributed by atoms with Gasteiger partial charge in [-0.15, -0.1) is 0 Å². The predicted octanol–water partition coefficient (Wildman–Crippen LogP) is 2.24. The molecule has 23 heavy (non-hydrogen) atoms. The zero-order valence-electron chi connectivity index (χ0n) is 13.3. The number of para-hydroxylation sites is 1. The third kappa shape index (κ3) is 3.25. The summed E-state index contributed by atoms with van der Waals surface area (Å²) in [6.45, 7) is 3.08. The van der Waals surface area contributed by atoms with E-state index in [-0.39, 0.29) is 11.8 Å². The van der Waals surface area contributed by atoms with E-state index in [2.05, 4.69) is 10.1 Å². The van der Waals surface area contributed by atoms with Gasteiger partial charge in [0.2, 0.25) is 10.0 Å². The van der Waals surface area contributed by atoms with Gasteiger partial charge in [-0.3, -0.25) is 0 Å². The molecule has 1 aliphatic heterocycles. The molecule has 2 heterocycles. The number of aromatic nitrogens is 1. The van der Waals surface area contributed by atoms with Crippen LogP contribution in [0, 0.1) is 0 Å². The number of nitrogens with zero attached hydrogens (tertiary/aromatic N) is 3. The second-order valence-electron chi connectivity index (χ2n) is 5.86. The molecule has 0 amide bonds.